The van der Waals surface area contributed by atoms with E-state index in [0.717, 1.165) is 32.4 Å². The van der Waals surface area contributed by atoms with Crippen molar-refractivity contribution < 1.29 is 14.7 Å². The van der Waals surface area contributed by atoms with Crippen molar-refractivity contribution in [1.82, 2.24) is 4.90 Å². The normalized spacial score (nSPS) is 30.2. The van der Waals surface area contributed by atoms with E-state index in [1.807, 2.05) is 4.90 Å². The van der Waals surface area contributed by atoms with E-state index in [9.17, 15) is 9.59 Å². The molecule has 0 bridgehead atoms. The number of hydrogen-bond donors (Lipinski definition) is 1. The quantitative estimate of drug-likeness (QED) is 0.789. The molecule has 1 aliphatic carbocycles. The fourth-order valence-corrected chi connectivity index (χ4v) is 2.51. The van der Waals surface area contributed by atoms with Crippen molar-refractivity contribution >= 4 is 11.9 Å². The Morgan fingerprint density at radius 1 is 1.31 bits per heavy atom. The Morgan fingerprint density at radius 2 is 1.88 bits per heavy atom. The summed E-state index contributed by atoms with van der Waals surface area (Å²) in [5.41, 5.74) is 0. The van der Waals surface area contributed by atoms with Crippen LogP contribution in [0.1, 0.15) is 32.6 Å². The van der Waals surface area contributed by atoms with E-state index >= 15 is 0 Å². The second-order valence-electron chi connectivity index (χ2n) is 5.19. The zero-order valence-corrected chi connectivity index (χ0v) is 9.69. The van der Waals surface area contributed by atoms with Crippen LogP contribution in [0.25, 0.3) is 0 Å². The van der Waals surface area contributed by atoms with E-state index < -0.39 is 5.97 Å². The first-order valence-corrected chi connectivity index (χ1v) is 6.08. The Kier molecular flexibility index (Phi) is 3.17. The summed E-state index contributed by atoms with van der Waals surface area (Å²) in [4.78, 5) is 24.4. The van der Waals surface area contributed by atoms with Gasteiger partial charge in [0.2, 0.25) is 5.91 Å². The topological polar surface area (TPSA) is 57.6 Å². The molecule has 1 aliphatic heterocycles. The maximum absolute atomic E-state index is 11.9. The Bertz CT molecular complexity index is 295. The number of carbonyl (C=O) groups excluding carboxylic acids is 1. The minimum absolute atomic E-state index is 0.252. The van der Waals surface area contributed by atoms with Gasteiger partial charge in [-0.15, -0.1) is 0 Å². The number of rotatable bonds is 3. The molecule has 4 heteroatoms. The molecule has 1 N–H and O–H groups in total. The summed E-state index contributed by atoms with van der Waals surface area (Å²) in [5, 5.41) is 8.69. The lowest BCUT2D eigenvalue weighted by atomic mass is 9.93. The summed E-state index contributed by atoms with van der Waals surface area (Å²) in [6.07, 6.45) is 2.98. The van der Waals surface area contributed by atoms with Crippen molar-refractivity contribution in [3.63, 3.8) is 0 Å². The molecule has 4 nitrogen and oxygen atoms in total. The summed E-state index contributed by atoms with van der Waals surface area (Å²) < 4.78 is 0. The number of carboxylic acid groups (broad SMARTS) is 1. The van der Waals surface area contributed by atoms with E-state index in [2.05, 4.69) is 6.92 Å². The van der Waals surface area contributed by atoms with E-state index in [1.165, 1.54) is 0 Å². The predicted molar refractivity (Wildman–Crippen MR) is 58.8 cm³/mol. The Balaban J connectivity index is 1.76. The average Bonchev–Trinajstić information content (AvgIpc) is 2.95. The summed E-state index contributed by atoms with van der Waals surface area (Å²) >= 11 is 0. The Hall–Kier alpha value is -1.06. The molecule has 1 saturated carbocycles. The molecule has 1 heterocycles. The number of carboxylic acids is 1. The zero-order chi connectivity index (χ0) is 11.7. The second kappa shape index (κ2) is 4.44. The van der Waals surface area contributed by atoms with Crippen LogP contribution in [0.15, 0.2) is 0 Å². The van der Waals surface area contributed by atoms with Crippen LogP contribution < -0.4 is 0 Å². The van der Waals surface area contributed by atoms with Gasteiger partial charge in [0, 0.05) is 25.4 Å². The minimum atomic E-state index is -0.722. The lowest BCUT2D eigenvalue weighted by Gasteiger charge is -2.31. The fourth-order valence-electron chi connectivity index (χ4n) is 2.51. The van der Waals surface area contributed by atoms with Gasteiger partial charge in [-0.05, 0) is 31.1 Å². The van der Waals surface area contributed by atoms with Gasteiger partial charge in [0.15, 0.2) is 0 Å². The first-order valence-electron chi connectivity index (χ1n) is 6.08. The molecule has 0 aromatic rings. The summed E-state index contributed by atoms with van der Waals surface area (Å²) in [6, 6.07) is 0. The molecule has 0 spiro atoms. The third kappa shape index (κ3) is 2.54. The molecule has 0 aromatic carbocycles. The van der Waals surface area contributed by atoms with Gasteiger partial charge in [-0.2, -0.15) is 0 Å². The smallest absolute Gasteiger partial charge is 0.303 e. The van der Waals surface area contributed by atoms with Crippen LogP contribution in [0.2, 0.25) is 0 Å². The van der Waals surface area contributed by atoms with Crippen molar-refractivity contribution in [1.29, 1.82) is 0 Å². The largest absolute Gasteiger partial charge is 0.481 e. The molecule has 90 valence electrons. The molecule has 1 amide bonds. The van der Waals surface area contributed by atoms with Crippen molar-refractivity contribution in [2.24, 2.45) is 17.8 Å². The second-order valence-corrected chi connectivity index (χ2v) is 5.19. The maximum Gasteiger partial charge on any atom is 0.303 e. The predicted octanol–water partition coefficient (Wildman–Crippen LogP) is 1.36. The van der Waals surface area contributed by atoms with Gasteiger partial charge in [-0.3, -0.25) is 9.59 Å². The van der Waals surface area contributed by atoms with E-state index in [4.69, 9.17) is 5.11 Å². The van der Waals surface area contributed by atoms with Gasteiger partial charge in [-0.25, -0.2) is 0 Å². The molecule has 16 heavy (non-hydrogen) atoms. The number of likely N-dealkylation sites (tertiary alicyclic amines) is 1. The van der Waals surface area contributed by atoms with Gasteiger partial charge < -0.3 is 10.0 Å². The molecule has 2 fully saturated rings. The standard InChI is InChI=1S/C12H19NO3/c1-8-6-10(8)12(16)13-4-2-9(3-5-13)7-11(14)15/h8-10H,2-7H2,1H3,(H,14,15). The van der Waals surface area contributed by atoms with E-state index in [0.29, 0.717) is 11.8 Å². The van der Waals surface area contributed by atoms with Gasteiger partial charge in [0.05, 0.1) is 0 Å². The van der Waals surface area contributed by atoms with Crippen molar-refractivity contribution in [2.75, 3.05) is 13.1 Å². The highest BCUT2D eigenvalue weighted by atomic mass is 16.4. The summed E-state index contributed by atoms with van der Waals surface area (Å²) in [5.74, 6) is 0.653. The third-order valence-corrected chi connectivity index (χ3v) is 3.82. The highest BCUT2D eigenvalue weighted by Crippen LogP contribution is 2.39. The zero-order valence-electron chi connectivity index (χ0n) is 9.69. The number of carbonyl (C=O) groups is 2. The first kappa shape index (κ1) is 11.4. The first-order chi connectivity index (χ1) is 7.58. The van der Waals surface area contributed by atoms with Gasteiger partial charge in [0.1, 0.15) is 0 Å². The van der Waals surface area contributed by atoms with Crippen molar-refractivity contribution in [2.45, 2.75) is 32.6 Å². The molecule has 0 aromatic heterocycles. The fraction of sp³-hybridized carbons (Fsp3) is 0.833. The molecule has 2 atom stereocenters. The number of nitrogens with zero attached hydrogens (tertiary/aromatic N) is 1. The van der Waals surface area contributed by atoms with Crippen LogP contribution in [0.3, 0.4) is 0 Å². The highest BCUT2D eigenvalue weighted by Gasteiger charge is 2.42. The maximum atomic E-state index is 11.9. The van der Waals surface area contributed by atoms with Crippen LogP contribution in [0, 0.1) is 17.8 Å². The molecule has 2 unspecified atom stereocenters. The number of hydrogen-bond acceptors (Lipinski definition) is 2. The monoisotopic (exact) mass is 225 g/mol. The minimum Gasteiger partial charge on any atom is -0.481 e. The number of piperidine rings is 1. The van der Waals surface area contributed by atoms with E-state index in [1.54, 1.807) is 0 Å². The van der Waals surface area contributed by atoms with Crippen LogP contribution >= 0.6 is 0 Å². The Labute approximate surface area is 95.6 Å². The van der Waals surface area contributed by atoms with Gasteiger partial charge in [-0.1, -0.05) is 6.92 Å². The molecule has 2 aliphatic rings. The van der Waals surface area contributed by atoms with Crippen molar-refractivity contribution in [3.05, 3.63) is 0 Å². The Morgan fingerprint density at radius 3 is 2.31 bits per heavy atom. The lowest BCUT2D eigenvalue weighted by molar-refractivity contribution is -0.138. The highest BCUT2D eigenvalue weighted by molar-refractivity contribution is 5.81. The molecular weight excluding hydrogens is 206 g/mol. The molecule has 0 radical (unpaired) electrons. The van der Waals surface area contributed by atoms with Gasteiger partial charge >= 0.3 is 5.97 Å². The third-order valence-electron chi connectivity index (χ3n) is 3.82. The van der Waals surface area contributed by atoms with Crippen LogP contribution in [0.5, 0.6) is 0 Å². The molecule has 1 saturated heterocycles. The average molecular weight is 225 g/mol. The van der Waals surface area contributed by atoms with E-state index in [-0.39, 0.29) is 18.3 Å². The number of aliphatic carboxylic acids is 1. The van der Waals surface area contributed by atoms with Crippen LogP contribution in [-0.2, 0) is 9.59 Å². The van der Waals surface area contributed by atoms with Crippen LogP contribution in [0.4, 0.5) is 0 Å². The number of amides is 1. The molecule has 2 rings (SSSR count). The lowest BCUT2D eigenvalue weighted by Crippen LogP contribution is -2.39. The van der Waals surface area contributed by atoms with Crippen molar-refractivity contribution in [3.8, 4) is 0 Å². The SMILES string of the molecule is CC1CC1C(=O)N1CCC(CC(=O)O)CC1. The molecular formula is C12H19NO3. The van der Waals surface area contributed by atoms with Gasteiger partial charge in [0.25, 0.3) is 0 Å². The van der Waals surface area contributed by atoms with Crippen LogP contribution in [-0.4, -0.2) is 35.0 Å². The summed E-state index contributed by atoms with van der Waals surface area (Å²) in [6.45, 7) is 3.61. The summed E-state index contributed by atoms with van der Waals surface area (Å²) in [7, 11) is 0.